The quantitative estimate of drug-likeness (QED) is 0.312. The van der Waals surface area contributed by atoms with Crippen LogP contribution in [0.2, 0.25) is 0 Å². The van der Waals surface area contributed by atoms with E-state index in [0.717, 1.165) is 38.5 Å². The Balaban J connectivity index is 2.05. The number of halogens is 1. The van der Waals surface area contributed by atoms with Crippen molar-refractivity contribution in [3.63, 3.8) is 0 Å². The third-order valence-corrected chi connectivity index (χ3v) is 8.94. The molecule has 0 spiro atoms. The van der Waals surface area contributed by atoms with Crippen LogP contribution < -0.4 is 5.32 Å². The number of amides is 1. The number of isocyanates is 1. The van der Waals surface area contributed by atoms with Crippen LogP contribution in [-0.2, 0) is 14.3 Å². The minimum absolute atomic E-state index is 0.0600. The van der Waals surface area contributed by atoms with Gasteiger partial charge in [0.15, 0.2) is 0 Å². The molecule has 164 valence electrons. The van der Waals surface area contributed by atoms with Crippen LogP contribution in [0.1, 0.15) is 73.1 Å². The first-order valence-corrected chi connectivity index (χ1v) is 11.2. The van der Waals surface area contributed by atoms with Crippen LogP contribution in [0.4, 0.5) is 0 Å². The predicted octanol–water partition coefficient (Wildman–Crippen LogP) is 3.34. The molecular weight excluding hydrogens is 392 g/mol. The maximum Gasteiger partial charge on any atom is 0.235 e. The van der Waals surface area contributed by atoms with E-state index in [1.165, 1.54) is 0 Å². The maximum absolute atomic E-state index is 11.4. The van der Waals surface area contributed by atoms with Gasteiger partial charge in [0.05, 0.1) is 28.2 Å². The van der Waals surface area contributed by atoms with E-state index in [9.17, 15) is 14.7 Å². The fourth-order valence-corrected chi connectivity index (χ4v) is 6.70. The van der Waals surface area contributed by atoms with Gasteiger partial charge in [0, 0.05) is 5.54 Å². The Labute approximate surface area is 178 Å². The average Bonchev–Trinajstić information content (AvgIpc) is 2.61. The zero-order valence-corrected chi connectivity index (χ0v) is 19.0. The van der Waals surface area contributed by atoms with Gasteiger partial charge in [-0.25, -0.2) is 4.79 Å². The Morgan fingerprint density at radius 1 is 1.10 bits per heavy atom. The van der Waals surface area contributed by atoms with Gasteiger partial charge in [-0.2, -0.15) is 4.99 Å². The second-order valence-electron chi connectivity index (χ2n) is 10.6. The van der Waals surface area contributed by atoms with Crippen LogP contribution in [0.3, 0.4) is 0 Å². The van der Waals surface area contributed by atoms with Gasteiger partial charge in [0.1, 0.15) is 0 Å². The summed E-state index contributed by atoms with van der Waals surface area (Å²) in [5.74, 6) is 0.0801. The van der Waals surface area contributed by atoms with Crippen molar-refractivity contribution in [3.8, 4) is 0 Å². The van der Waals surface area contributed by atoms with E-state index in [1.807, 2.05) is 13.8 Å². The number of alkyl halides is 1. The van der Waals surface area contributed by atoms with Gasteiger partial charge in [0.2, 0.25) is 12.5 Å². The number of rotatable bonds is 4. The monoisotopic (exact) mass is 426 g/mol. The van der Waals surface area contributed by atoms with Gasteiger partial charge < -0.3 is 15.2 Å². The first kappa shape index (κ1) is 22.7. The SMILES string of the molecule is CC1(O)CCC2C(C1N=C=O)C(C1(C)CCC(Cl)C(C)(C)O1)CCC2(C)NC=O. The molecule has 1 saturated heterocycles. The molecule has 6 nitrogen and oxygen atoms in total. The summed E-state index contributed by atoms with van der Waals surface area (Å²) in [6, 6.07) is -0.575. The summed E-state index contributed by atoms with van der Waals surface area (Å²) in [7, 11) is 0. The van der Waals surface area contributed by atoms with Gasteiger partial charge in [-0.15, -0.1) is 11.6 Å². The molecule has 0 aromatic heterocycles. The topological polar surface area (TPSA) is 88.0 Å². The van der Waals surface area contributed by atoms with Crippen molar-refractivity contribution in [1.82, 2.24) is 5.32 Å². The average molecular weight is 427 g/mol. The minimum Gasteiger partial charge on any atom is -0.388 e. The first-order chi connectivity index (χ1) is 13.4. The number of carbonyl (C=O) groups excluding carboxylic acids is 2. The van der Waals surface area contributed by atoms with Gasteiger partial charge in [0.25, 0.3) is 0 Å². The number of nitrogens with one attached hydrogen (secondary N) is 1. The van der Waals surface area contributed by atoms with E-state index in [2.05, 4.69) is 24.2 Å². The highest BCUT2D eigenvalue weighted by atomic mass is 35.5. The lowest BCUT2D eigenvalue weighted by Crippen LogP contribution is -2.67. The predicted molar refractivity (Wildman–Crippen MR) is 112 cm³/mol. The zero-order chi connectivity index (χ0) is 21.7. The smallest absolute Gasteiger partial charge is 0.235 e. The molecule has 2 aliphatic carbocycles. The molecular formula is C22H35ClN2O4. The molecule has 3 rings (SSSR count). The summed E-state index contributed by atoms with van der Waals surface area (Å²) < 4.78 is 6.64. The maximum atomic E-state index is 11.4. The van der Waals surface area contributed by atoms with E-state index in [1.54, 1.807) is 13.0 Å². The van der Waals surface area contributed by atoms with Crippen molar-refractivity contribution in [3.05, 3.63) is 0 Å². The Morgan fingerprint density at radius 2 is 1.76 bits per heavy atom. The summed E-state index contributed by atoms with van der Waals surface area (Å²) in [4.78, 5) is 26.8. The summed E-state index contributed by atoms with van der Waals surface area (Å²) in [6.45, 7) is 10.0. The number of ether oxygens (including phenoxy) is 1. The Bertz CT molecular complexity index is 692. The molecule has 2 N–H and O–H groups in total. The number of aliphatic imine (C=N–C) groups is 1. The molecule has 0 aromatic carbocycles. The van der Waals surface area contributed by atoms with Crippen LogP contribution >= 0.6 is 11.6 Å². The molecule has 8 unspecified atom stereocenters. The van der Waals surface area contributed by atoms with Crippen molar-refractivity contribution in [2.75, 3.05) is 0 Å². The summed E-state index contributed by atoms with van der Waals surface area (Å²) in [5, 5.41) is 14.1. The molecule has 3 aliphatic rings. The van der Waals surface area contributed by atoms with Crippen molar-refractivity contribution >= 4 is 24.1 Å². The number of hydrogen-bond donors (Lipinski definition) is 2. The first-order valence-electron chi connectivity index (χ1n) is 10.8. The van der Waals surface area contributed by atoms with E-state index < -0.39 is 28.4 Å². The summed E-state index contributed by atoms with van der Waals surface area (Å²) in [5.41, 5.74) is -2.39. The van der Waals surface area contributed by atoms with Crippen LogP contribution in [0.5, 0.6) is 0 Å². The number of fused-ring (bicyclic) bond motifs is 1. The van der Waals surface area contributed by atoms with E-state index in [-0.39, 0.29) is 23.1 Å². The summed E-state index contributed by atoms with van der Waals surface area (Å²) >= 11 is 6.54. The second-order valence-corrected chi connectivity index (χ2v) is 11.1. The molecule has 1 aliphatic heterocycles. The fraction of sp³-hybridized carbons (Fsp3) is 0.909. The van der Waals surface area contributed by atoms with Crippen molar-refractivity contribution in [1.29, 1.82) is 0 Å². The van der Waals surface area contributed by atoms with Crippen LogP contribution in [0.15, 0.2) is 4.99 Å². The van der Waals surface area contributed by atoms with Crippen LogP contribution in [-0.4, -0.2) is 51.4 Å². The Morgan fingerprint density at radius 3 is 2.34 bits per heavy atom. The van der Waals surface area contributed by atoms with E-state index >= 15 is 0 Å². The minimum atomic E-state index is -1.09. The van der Waals surface area contributed by atoms with E-state index in [4.69, 9.17) is 16.3 Å². The highest BCUT2D eigenvalue weighted by Crippen LogP contribution is 2.57. The molecule has 8 atom stereocenters. The van der Waals surface area contributed by atoms with Crippen molar-refractivity contribution < 1.29 is 19.4 Å². The van der Waals surface area contributed by atoms with Gasteiger partial charge >= 0.3 is 0 Å². The number of carbonyl (C=O) groups is 1. The third-order valence-electron chi connectivity index (χ3n) is 8.20. The number of hydrogen-bond acceptors (Lipinski definition) is 5. The lowest BCUT2D eigenvalue weighted by molar-refractivity contribution is -0.221. The zero-order valence-electron chi connectivity index (χ0n) is 18.2. The van der Waals surface area contributed by atoms with Crippen LogP contribution in [0, 0.1) is 17.8 Å². The highest BCUT2D eigenvalue weighted by molar-refractivity contribution is 6.21. The molecule has 29 heavy (non-hydrogen) atoms. The standard InChI is InChI=1S/C22H35ClN2O4/c1-19(2)16(23)8-11-22(5,29-19)15-6-9-20(3,25-13-27)14-7-10-21(4,28)18(17(14)15)24-12-26/h13-18,28H,6-11H2,1-5H3,(H,25,27). The highest BCUT2D eigenvalue weighted by Gasteiger charge is 2.61. The molecule has 3 fully saturated rings. The molecule has 0 aromatic rings. The fourth-order valence-electron chi connectivity index (χ4n) is 6.55. The number of aliphatic hydroxyl groups is 1. The largest absolute Gasteiger partial charge is 0.388 e. The Hall–Kier alpha value is -0.940. The normalized spacial score (nSPS) is 49.4. The third kappa shape index (κ3) is 3.89. The second kappa shape index (κ2) is 7.64. The van der Waals surface area contributed by atoms with Gasteiger partial charge in [-0.3, -0.25) is 4.79 Å². The van der Waals surface area contributed by atoms with Gasteiger partial charge in [-0.05, 0) is 90.9 Å². The molecule has 2 saturated carbocycles. The summed E-state index contributed by atoms with van der Waals surface area (Å²) in [6.07, 6.45) is 7.06. The molecule has 7 heteroatoms. The van der Waals surface area contributed by atoms with Crippen molar-refractivity contribution in [2.45, 2.75) is 107 Å². The van der Waals surface area contributed by atoms with Crippen LogP contribution in [0.25, 0.3) is 0 Å². The van der Waals surface area contributed by atoms with E-state index in [0.29, 0.717) is 6.42 Å². The molecule has 0 radical (unpaired) electrons. The Kier molecular flexibility index (Phi) is 5.99. The molecule has 1 amide bonds. The molecule has 0 bridgehead atoms. The van der Waals surface area contributed by atoms with Crippen molar-refractivity contribution in [2.24, 2.45) is 22.7 Å². The number of nitrogens with zero attached hydrogens (tertiary/aromatic N) is 1. The lowest BCUT2D eigenvalue weighted by Gasteiger charge is -2.61. The molecule has 1 heterocycles. The van der Waals surface area contributed by atoms with Gasteiger partial charge in [-0.1, -0.05) is 0 Å². The lowest BCUT2D eigenvalue weighted by atomic mass is 9.51.